The molecular formula is C31H32N2O. The van der Waals surface area contributed by atoms with E-state index in [1.54, 1.807) is 0 Å². The molecule has 34 heavy (non-hydrogen) atoms. The van der Waals surface area contributed by atoms with Gasteiger partial charge in [-0.1, -0.05) is 63.1 Å². The third-order valence-electron chi connectivity index (χ3n) is 6.67. The maximum atomic E-state index is 8.16. The summed E-state index contributed by atoms with van der Waals surface area (Å²) in [5, 5.41) is 12.2. The molecule has 2 aliphatic rings. The van der Waals surface area contributed by atoms with Gasteiger partial charge >= 0.3 is 0 Å². The zero-order valence-corrected chi connectivity index (χ0v) is 20.1. The highest BCUT2D eigenvalue weighted by atomic mass is 16.3. The topological polar surface area (TPSA) is 40.2 Å². The largest absolute Gasteiger partial charge is 0.456 e. The fraction of sp³-hybridized carbons (Fsp3) is 0.258. The van der Waals surface area contributed by atoms with Crippen molar-refractivity contribution in [3.8, 4) is 22.5 Å². The van der Waals surface area contributed by atoms with Crippen LogP contribution in [-0.4, -0.2) is 13.1 Å². The highest BCUT2D eigenvalue weighted by Crippen LogP contribution is 2.41. The summed E-state index contributed by atoms with van der Waals surface area (Å²) in [4.78, 5) is 2.49. The van der Waals surface area contributed by atoms with Gasteiger partial charge in [0.15, 0.2) is 0 Å². The zero-order chi connectivity index (χ0) is 23.5. The Bertz CT molecular complexity index is 1460. The fourth-order valence-electron chi connectivity index (χ4n) is 4.80. The van der Waals surface area contributed by atoms with E-state index in [0.717, 1.165) is 35.4 Å². The molecule has 172 valence electrons. The molecule has 1 N–H and O–H groups in total. The number of unbranched alkanes of at least 4 members (excludes halogenated alkanes) is 2. The number of hydrogen-bond donors (Lipinski definition) is 1. The maximum Gasteiger partial charge on any atom is 0.137 e. The van der Waals surface area contributed by atoms with Crippen LogP contribution in [0.1, 0.15) is 39.5 Å². The Morgan fingerprint density at radius 2 is 1.53 bits per heavy atom. The van der Waals surface area contributed by atoms with Crippen molar-refractivity contribution >= 4 is 27.4 Å². The Morgan fingerprint density at radius 1 is 0.765 bits per heavy atom. The molecule has 0 atom stereocenters. The first-order valence-corrected chi connectivity index (χ1v) is 12.5. The normalized spacial score (nSPS) is 11.5. The lowest BCUT2D eigenvalue weighted by Gasteiger charge is -2.25. The number of nitrogens with one attached hydrogen (secondary N) is 1. The lowest BCUT2D eigenvalue weighted by molar-refractivity contribution is 0.618. The number of rotatable bonds is 8. The molecule has 3 nitrogen and oxygen atoms in total. The summed E-state index contributed by atoms with van der Waals surface area (Å²) >= 11 is 0. The quantitative estimate of drug-likeness (QED) is 0.243. The molecule has 0 aromatic heterocycles. The molecule has 3 aromatic carbocycles. The summed E-state index contributed by atoms with van der Waals surface area (Å²) in [7, 11) is 0. The van der Waals surface area contributed by atoms with Gasteiger partial charge in [-0.25, -0.2) is 0 Å². The van der Waals surface area contributed by atoms with Gasteiger partial charge in [-0.15, -0.1) is 0 Å². The smallest absolute Gasteiger partial charge is 0.137 e. The fourth-order valence-corrected chi connectivity index (χ4v) is 4.80. The lowest BCUT2D eigenvalue weighted by Crippen LogP contribution is -2.25. The Balaban J connectivity index is 1.72. The van der Waals surface area contributed by atoms with Crippen molar-refractivity contribution in [1.29, 1.82) is 5.41 Å². The average molecular weight is 449 g/mol. The Labute approximate surface area is 201 Å². The monoisotopic (exact) mass is 448 g/mol. The van der Waals surface area contributed by atoms with Gasteiger partial charge in [-0.2, -0.15) is 0 Å². The van der Waals surface area contributed by atoms with Crippen LogP contribution in [0, 0.1) is 5.41 Å². The van der Waals surface area contributed by atoms with E-state index in [4.69, 9.17) is 9.83 Å². The van der Waals surface area contributed by atoms with Crippen molar-refractivity contribution < 1.29 is 4.42 Å². The van der Waals surface area contributed by atoms with Gasteiger partial charge in [0.25, 0.3) is 0 Å². The van der Waals surface area contributed by atoms with Crippen LogP contribution in [0.15, 0.2) is 83.3 Å². The van der Waals surface area contributed by atoms with E-state index in [0.29, 0.717) is 5.36 Å². The highest BCUT2D eigenvalue weighted by molar-refractivity contribution is 6.04. The molecule has 0 unspecified atom stereocenters. The molecular weight excluding hydrogens is 416 g/mol. The first-order valence-electron chi connectivity index (χ1n) is 12.5. The van der Waals surface area contributed by atoms with E-state index >= 15 is 0 Å². The second-order valence-electron chi connectivity index (χ2n) is 9.12. The van der Waals surface area contributed by atoms with Crippen LogP contribution in [0.4, 0.5) is 5.69 Å². The number of anilines is 1. The van der Waals surface area contributed by atoms with Crippen molar-refractivity contribution in [2.24, 2.45) is 0 Å². The van der Waals surface area contributed by atoms with Crippen molar-refractivity contribution in [1.82, 2.24) is 0 Å². The van der Waals surface area contributed by atoms with Gasteiger partial charge < -0.3 is 14.7 Å². The minimum atomic E-state index is 0.462. The van der Waals surface area contributed by atoms with Crippen molar-refractivity contribution in [2.75, 3.05) is 18.0 Å². The molecule has 0 bridgehead atoms. The third-order valence-corrected chi connectivity index (χ3v) is 6.67. The summed E-state index contributed by atoms with van der Waals surface area (Å²) in [6.45, 7) is 6.61. The second-order valence-corrected chi connectivity index (χ2v) is 9.12. The highest BCUT2D eigenvalue weighted by Gasteiger charge is 2.18. The molecule has 1 aliphatic heterocycles. The van der Waals surface area contributed by atoms with Crippen molar-refractivity contribution in [3.63, 3.8) is 0 Å². The van der Waals surface area contributed by atoms with Gasteiger partial charge in [0, 0.05) is 47.4 Å². The molecule has 3 aromatic rings. The molecule has 1 heterocycles. The first-order chi connectivity index (χ1) is 16.7. The van der Waals surface area contributed by atoms with Gasteiger partial charge in [-0.05, 0) is 59.5 Å². The molecule has 0 saturated carbocycles. The van der Waals surface area contributed by atoms with Gasteiger partial charge in [0.2, 0.25) is 0 Å². The Kier molecular flexibility index (Phi) is 6.35. The van der Waals surface area contributed by atoms with E-state index in [9.17, 15) is 0 Å². The minimum absolute atomic E-state index is 0.462. The molecule has 0 spiro atoms. The van der Waals surface area contributed by atoms with Crippen LogP contribution in [0.25, 0.3) is 44.2 Å². The van der Waals surface area contributed by atoms with Crippen LogP contribution in [-0.2, 0) is 0 Å². The molecule has 5 rings (SSSR count). The van der Waals surface area contributed by atoms with E-state index in [1.165, 1.54) is 53.3 Å². The van der Waals surface area contributed by atoms with Crippen LogP contribution < -0.4 is 10.3 Å². The molecule has 0 saturated heterocycles. The molecule has 3 heteroatoms. The Morgan fingerprint density at radius 3 is 2.29 bits per heavy atom. The molecule has 0 amide bonds. The van der Waals surface area contributed by atoms with E-state index in [1.807, 2.05) is 18.2 Å². The summed E-state index contributed by atoms with van der Waals surface area (Å²) in [6, 6.07) is 27.5. The number of hydrogen-bond acceptors (Lipinski definition) is 3. The van der Waals surface area contributed by atoms with E-state index in [2.05, 4.69) is 79.4 Å². The standard InChI is InChI=1S/C31H32N2O/c1-3-5-17-33(18-6-4-2)26-14-16-28-30(21-26)34-29-20-25(32)13-15-27(29)31(28)24-12-11-22-9-7-8-10-23(22)19-24/h7-16,19-21,32H,3-6,17-18H2,1-2H3. The van der Waals surface area contributed by atoms with Crippen LogP contribution in [0.5, 0.6) is 0 Å². The summed E-state index contributed by atoms with van der Waals surface area (Å²) in [5.74, 6) is 0.758. The summed E-state index contributed by atoms with van der Waals surface area (Å²) in [5.41, 5.74) is 5.46. The van der Waals surface area contributed by atoms with Gasteiger partial charge in [0.1, 0.15) is 11.3 Å². The Hall–Kier alpha value is -3.59. The van der Waals surface area contributed by atoms with Crippen LogP contribution in [0.3, 0.4) is 0 Å². The molecule has 1 aliphatic carbocycles. The van der Waals surface area contributed by atoms with E-state index in [-0.39, 0.29) is 0 Å². The predicted octanol–water partition coefficient (Wildman–Crippen LogP) is 8.24. The predicted molar refractivity (Wildman–Crippen MR) is 144 cm³/mol. The third kappa shape index (κ3) is 4.31. The molecule has 0 radical (unpaired) electrons. The van der Waals surface area contributed by atoms with Crippen molar-refractivity contribution in [3.05, 3.63) is 84.2 Å². The van der Waals surface area contributed by atoms with Gasteiger partial charge in [-0.3, -0.25) is 0 Å². The minimum Gasteiger partial charge on any atom is -0.456 e. The van der Waals surface area contributed by atoms with Crippen LogP contribution in [0.2, 0.25) is 0 Å². The first kappa shape index (κ1) is 22.2. The zero-order valence-electron chi connectivity index (χ0n) is 20.1. The number of fused-ring (bicyclic) bond motifs is 3. The maximum absolute atomic E-state index is 8.16. The SMILES string of the molecule is CCCCN(CCCC)c1ccc2c(-c3ccc4ccccc4c3)c3ccc(=N)cc-3oc2c1. The molecule has 0 fully saturated rings. The lowest BCUT2D eigenvalue weighted by atomic mass is 9.92. The number of benzene rings is 4. The van der Waals surface area contributed by atoms with Crippen LogP contribution >= 0.6 is 0 Å². The average Bonchev–Trinajstić information content (AvgIpc) is 2.86. The summed E-state index contributed by atoms with van der Waals surface area (Å²) in [6.07, 6.45) is 4.73. The van der Waals surface area contributed by atoms with Crippen molar-refractivity contribution in [2.45, 2.75) is 39.5 Å². The van der Waals surface area contributed by atoms with Gasteiger partial charge in [0.05, 0.1) is 5.36 Å². The summed E-state index contributed by atoms with van der Waals surface area (Å²) < 4.78 is 6.43. The second kappa shape index (κ2) is 9.72. The van der Waals surface area contributed by atoms with E-state index < -0.39 is 0 Å². The number of nitrogens with zero attached hydrogens (tertiary/aromatic N) is 1.